The normalized spacial score (nSPS) is 28.8. The highest BCUT2D eigenvalue weighted by Crippen LogP contribution is 2.40. The average Bonchev–Trinajstić information content (AvgIpc) is 3.11. The van der Waals surface area contributed by atoms with E-state index in [9.17, 15) is 0 Å². The van der Waals surface area contributed by atoms with Crippen LogP contribution in [0.25, 0.3) is 10.9 Å². The van der Waals surface area contributed by atoms with Gasteiger partial charge in [0.15, 0.2) is 0 Å². The average molecular weight is 285 g/mol. The fourth-order valence-electron chi connectivity index (χ4n) is 3.18. The SMILES string of the molecule is CC1(C)O[C@H]1Cc1ccc2c(C[C@@H]3OC3(C)C)c[nH]c2c1. The van der Waals surface area contributed by atoms with E-state index in [0.29, 0.717) is 12.2 Å². The Labute approximate surface area is 125 Å². The van der Waals surface area contributed by atoms with Crippen LogP contribution in [0.3, 0.4) is 0 Å². The van der Waals surface area contributed by atoms with E-state index < -0.39 is 0 Å². The summed E-state index contributed by atoms with van der Waals surface area (Å²) in [6, 6.07) is 6.73. The molecule has 0 radical (unpaired) electrons. The molecule has 2 aliphatic heterocycles. The van der Waals surface area contributed by atoms with Crippen LogP contribution in [0.15, 0.2) is 24.4 Å². The van der Waals surface area contributed by atoms with Crippen molar-refractivity contribution in [3.63, 3.8) is 0 Å². The van der Waals surface area contributed by atoms with Crippen molar-refractivity contribution in [3.05, 3.63) is 35.5 Å². The summed E-state index contributed by atoms with van der Waals surface area (Å²) in [4.78, 5) is 3.41. The van der Waals surface area contributed by atoms with Crippen LogP contribution in [-0.2, 0) is 22.3 Å². The first kappa shape index (κ1) is 13.4. The monoisotopic (exact) mass is 285 g/mol. The number of aromatic amines is 1. The molecule has 0 spiro atoms. The maximum Gasteiger partial charge on any atom is 0.0908 e. The molecule has 3 heterocycles. The molecule has 2 aliphatic rings. The summed E-state index contributed by atoms with van der Waals surface area (Å²) in [5, 5.41) is 1.32. The van der Waals surface area contributed by atoms with E-state index in [1.54, 1.807) is 0 Å². The summed E-state index contributed by atoms with van der Waals surface area (Å²) in [6.45, 7) is 8.62. The van der Waals surface area contributed by atoms with Crippen LogP contribution >= 0.6 is 0 Å². The largest absolute Gasteiger partial charge is 0.366 e. The molecule has 0 saturated carbocycles. The first-order valence-corrected chi connectivity index (χ1v) is 7.80. The molecule has 2 atom stereocenters. The Morgan fingerprint density at radius 1 is 1.00 bits per heavy atom. The van der Waals surface area contributed by atoms with Crippen molar-refractivity contribution in [2.45, 2.75) is 63.9 Å². The Bertz CT molecular complexity index is 698. The van der Waals surface area contributed by atoms with Gasteiger partial charge >= 0.3 is 0 Å². The molecule has 21 heavy (non-hydrogen) atoms. The predicted octanol–water partition coefficient (Wildman–Crippen LogP) is 3.61. The highest BCUT2D eigenvalue weighted by atomic mass is 16.6. The molecule has 2 fully saturated rings. The number of fused-ring (bicyclic) bond motifs is 1. The predicted molar refractivity (Wildman–Crippen MR) is 83.6 cm³/mol. The molecule has 0 aliphatic carbocycles. The number of nitrogens with one attached hydrogen (secondary N) is 1. The molecule has 2 aromatic rings. The second-order valence-corrected chi connectivity index (χ2v) is 7.52. The van der Waals surface area contributed by atoms with Crippen LogP contribution in [0.5, 0.6) is 0 Å². The Morgan fingerprint density at radius 2 is 1.62 bits per heavy atom. The maximum absolute atomic E-state index is 5.70. The summed E-state index contributed by atoms with van der Waals surface area (Å²) in [5.74, 6) is 0. The van der Waals surface area contributed by atoms with E-state index in [0.717, 1.165) is 12.8 Å². The van der Waals surface area contributed by atoms with Crippen LogP contribution in [0, 0.1) is 0 Å². The maximum atomic E-state index is 5.70. The van der Waals surface area contributed by atoms with Gasteiger partial charge in [-0.2, -0.15) is 0 Å². The van der Waals surface area contributed by atoms with Crippen molar-refractivity contribution in [3.8, 4) is 0 Å². The van der Waals surface area contributed by atoms with Crippen LogP contribution in [-0.4, -0.2) is 28.4 Å². The first-order chi connectivity index (χ1) is 9.85. The Morgan fingerprint density at radius 3 is 2.24 bits per heavy atom. The molecule has 0 unspecified atom stereocenters. The summed E-state index contributed by atoms with van der Waals surface area (Å²) in [7, 11) is 0. The third-order valence-corrected chi connectivity index (χ3v) is 4.99. The molecule has 1 N–H and O–H groups in total. The van der Waals surface area contributed by atoms with Gasteiger partial charge in [-0.25, -0.2) is 0 Å². The van der Waals surface area contributed by atoms with Gasteiger partial charge in [0.25, 0.3) is 0 Å². The van der Waals surface area contributed by atoms with Gasteiger partial charge < -0.3 is 14.5 Å². The van der Waals surface area contributed by atoms with Crippen molar-refractivity contribution < 1.29 is 9.47 Å². The lowest BCUT2D eigenvalue weighted by Crippen LogP contribution is -2.06. The molecule has 3 nitrogen and oxygen atoms in total. The first-order valence-electron chi connectivity index (χ1n) is 7.80. The van der Waals surface area contributed by atoms with E-state index in [1.807, 2.05) is 0 Å². The number of ether oxygens (including phenoxy) is 2. The lowest BCUT2D eigenvalue weighted by atomic mass is 9.99. The van der Waals surface area contributed by atoms with Gasteiger partial charge in [-0.3, -0.25) is 0 Å². The molecule has 1 aromatic heterocycles. The number of benzene rings is 1. The fourth-order valence-corrected chi connectivity index (χ4v) is 3.18. The lowest BCUT2D eigenvalue weighted by Gasteiger charge is -2.02. The van der Waals surface area contributed by atoms with Crippen LogP contribution in [0.2, 0.25) is 0 Å². The van der Waals surface area contributed by atoms with E-state index in [2.05, 4.69) is 57.1 Å². The molecule has 3 heteroatoms. The zero-order valence-corrected chi connectivity index (χ0v) is 13.2. The van der Waals surface area contributed by atoms with Gasteiger partial charge in [0.1, 0.15) is 0 Å². The number of epoxide rings is 2. The number of hydrogen-bond donors (Lipinski definition) is 1. The summed E-state index contributed by atoms with van der Waals surface area (Å²) in [5.41, 5.74) is 4.03. The highest BCUT2D eigenvalue weighted by Gasteiger charge is 2.48. The zero-order valence-electron chi connectivity index (χ0n) is 13.2. The van der Waals surface area contributed by atoms with Gasteiger partial charge in [0.05, 0.1) is 23.4 Å². The van der Waals surface area contributed by atoms with Crippen molar-refractivity contribution in [1.82, 2.24) is 4.98 Å². The van der Waals surface area contributed by atoms with E-state index >= 15 is 0 Å². The lowest BCUT2D eigenvalue weighted by molar-refractivity contribution is 0.323. The second kappa shape index (κ2) is 4.11. The third-order valence-electron chi connectivity index (χ3n) is 4.99. The Hall–Kier alpha value is -1.32. The molecule has 1 aromatic carbocycles. The van der Waals surface area contributed by atoms with Gasteiger partial charge in [-0.05, 0) is 44.9 Å². The number of aromatic nitrogens is 1. The Balaban J connectivity index is 1.53. The minimum atomic E-state index is 0.0540. The minimum absolute atomic E-state index is 0.0540. The molecule has 4 rings (SSSR count). The molecule has 2 saturated heterocycles. The molecule has 0 amide bonds. The number of H-pyrrole nitrogens is 1. The fraction of sp³-hybridized carbons (Fsp3) is 0.556. The minimum Gasteiger partial charge on any atom is -0.366 e. The van der Waals surface area contributed by atoms with Gasteiger partial charge in [-0.1, -0.05) is 12.1 Å². The third kappa shape index (κ3) is 2.39. The summed E-state index contributed by atoms with van der Waals surface area (Å²) in [6.07, 6.45) is 4.84. The quantitative estimate of drug-likeness (QED) is 0.872. The van der Waals surface area contributed by atoms with E-state index in [4.69, 9.17) is 9.47 Å². The van der Waals surface area contributed by atoms with Crippen molar-refractivity contribution in [2.75, 3.05) is 0 Å². The highest BCUT2D eigenvalue weighted by molar-refractivity contribution is 5.84. The van der Waals surface area contributed by atoms with Crippen molar-refractivity contribution in [1.29, 1.82) is 0 Å². The van der Waals surface area contributed by atoms with Crippen LogP contribution in [0.4, 0.5) is 0 Å². The van der Waals surface area contributed by atoms with E-state index in [1.165, 1.54) is 22.0 Å². The van der Waals surface area contributed by atoms with Gasteiger partial charge in [0, 0.05) is 29.9 Å². The van der Waals surface area contributed by atoms with Gasteiger partial charge in [0.2, 0.25) is 0 Å². The topological polar surface area (TPSA) is 40.8 Å². The summed E-state index contributed by atoms with van der Waals surface area (Å²) >= 11 is 0. The van der Waals surface area contributed by atoms with Crippen molar-refractivity contribution in [2.24, 2.45) is 0 Å². The van der Waals surface area contributed by atoms with E-state index in [-0.39, 0.29) is 11.2 Å². The van der Waals surface area contributed by atoms with Crippen LogP contribution in [0.1, 0.15) is 38.8 Å². The number of rotatable bonds is 4. The Kier molecular flexibility index (Phi) is 2.61. The smallest absolute Gasteiger partial charge is 0.0908 e. The molecular formula is C18H23NO2. The zero-order chi connectivity index (χ0) is 14.8. The summed E-state index contributed by atoms with van der Waals surface area (Å²) < 4.78 is 11.4. The second-order valence-electron chi connectivity index (χ2n) is 7.52. The van der Waals surface area contributed by atoms with Crippen molar-refractivity contribution >= 4 is 10.9 Å². The molecular weight excluding hydrogens is 262 g/mol. The molecule has 112 valence electrons. The number of hydrogen-bond acceptors (Lipinski definition) is 2. The van der Waals surface area contributed by atoms with Gasteiger partial charge in [-0.15, -0.1) is 0 Å². The van der Waals surface area contributed by atoms with Crippen LogP contribution < -0.4 is 0 Å². The molecule has 0 bridgehead atoms. The standard InChI is InChI=1S/C18H23NO2/c1-17(2)15(20-17)8-11-5-6-13-12(10-19-14(13)7-11)9-16-18(3,4)21-16/h5-7,10,15-16,19H,8-9H2,1-4H3/t15-,16-/m0/s1.